The van der Waals surface area contributed by atoms with Crippen molar-refractivity contribution in [2.75, 3.05) is 0 Å². The lowest BCUT2D eigenvalue weighted by Crippen LogP contribution is -2.04. The zero-order valence-electron chi connectivity index (χ0n) is 10.5. The third-order valence-electron chi connectivity index (χ3n) is 2.92. The summed E-state index contributed by atoms with van der Waals surface area (Å²) in [5, 5.41) is 9.56. The van der Waals surface area contributed by atoms with Gasteiger partial charge in [-0.2, -0.15) is 0 Å². The van der Waals surface area contributed by atoms with Crippen LogP contribution in [0.25, 0.3) is 20.8 Å². The van der Waals surface area contributed by atoms with Crippen LogP contribution in [0.5, 0.6) is 0 Å². The van der Waals surface area contributed by atoms with E-state index in [0.717, 1.165) is 10.4 Å². The Labute approximate surface area is 117 Å². The topological polar surface area (TPSA) is 83.1 Å². The summed E-state index contributed by atoms with van der Waals surface area (Å²) in [6.07, 6.45) is 1.63. The fourth-order valence-corrected chi connectivity index (χ4v) is 2.94. The molecule has 20 heavy (non-hydrogen) atoms. The average Bonchev–Trinajstić information content (AvgIpc) is 2.80. The first-order chi connectivity index (χ1) is 9.54. The second-order valence-electron chi connectivity index (χ2n) is 4.40. The normalized spacial score (nSPS) is 10.8. The van der Waals surface area contributed by atoms with Gasteiger partial charge in [0.15, 0.2) is 5.43 Å². The first-order valence-electron chi connectivity index (χ1n) is 5.88. The smallest absolute Gasteiger partial charge is 0.335 e. The molecule has 2 N–H and O–H groups in total. The number of pyridine rings is 1. The fraction of sp³-hybridized carbons (Fsp3) is 0.0714. The standard InChI is InChI=1S/C14H10N2O3S/c1-7-4-11(17)9(6-15-7)13-16-10-3-2-8(14(18)19)5-12(10)20-13/h2-6H,1H3,(H,15,17)(H,18,19). The van der Waals surface area contributed by atoms with Gasteiger partial charge in [-0.15, -0.1) is 11.3 Å². The zero-order valence-corrected chi connectivity index (χ0v) is 11.3. The number of fused-ring (bicyclic) bond motifs is 1. The average molecular weight is 286 g/mol. The molecule has 3 aromatic rings. The van der Waals surface area contributed by atoms with Gasteiger partial charge in [-0.05, 0) is 25.1 Å². The molecular weight excluding hydrogens is 276 g/mol. The Balaban J connectivity index is 2.17. The van der Waals surface area contributed by atoms with Crippen LogP contribution in [-0.4, -0.2) is 21.0 Å². The third-order valence-corrected chi connectivity index (χ3v) is 3.97. The van der Waals surface area contributed by atoms with Crippen molar-refractivity contribution in [3.8, 4) is 10.6 Å². The summed E-state index contributed by atoms with van der Waals surface area (Å²) >= 11 is 1.31. The number of rotatable bonds is 2. The van der Waals surface area contributed by atoms with Crippen LogP contribution in [0.2, 0.25) is 0 Å². The number of H-pyrrole nitrogens is 1. The van der Waals surface area contributed by atoms with Crippen LogP contribution in [0.4, 0.5) is 0 Å². The minimum Gasteiger partial charge on any atom is -0.478 e. The van der Waals surface area contributed by atoms with E-state index in [1.807, 2.05) is 6.92 Å². The molecule has 0 saturated carbocycles. The Morgan fingerprint density at radius 3 is 2.85 bits per heavy atom. The van der Waals surface area contributed by atoms with E-state index in [1.165, 1.54) is 23.5 Å². The van der Waals surface area contributed by atoms with Crippen LogP contribution < -0.4 is 5.43 Å². The van der Waals surface area contributed by atoms with Gasteiger partial charge in [0.25, 0.3) is 0 Å². The van der Waals surface area contributed by atoms with Gasteiger partial charge < -0.3 is 10.1 Å². The van der Waals surface area contributed by atoms with Gasteiger partial charge in [0.2, 0.25) is 0 Å². The molecule has 1 aromatic carbocycles. The lowest BCUT2D eigenvalue weighted by molar-refractivity contribution is 0.0697. The van der Waals surface area contributed by atoms with Crippen molar-refractivity contribution in [1.29, 1.82) is 0 Å². The van der Waals surface area contributed by atoms with Crippen LogP contribution in [0.3, 0.4) is 0 Å². The molecule has 6 heteroatoms. The Kier molecular flexibility index (Phi) is 2.87. The minimum absolute atomic E-state index is 0.0984. The predicted molar refractivity (Wildman–Crippen MR) is 77.4 cm³/mol. The molecule has 0 aliphatic heterocycles. The van der Waals surface area contributed by atoms with Crippen LogP contribution in [0.15, 0.2) is 35.3 Å². The summed E-state index contributed by atoms with van der Waals surface area (Å²) in [5.74, 6) is -0.977. The molecule has 100 valence electrons. The number of thiazole rings is 1. The third kappa shape index (κ3) is 2.10. The molecule has 2 aromatic heterocycles. The molecule has 0 spiro atoms. The van der Waals surface area contributed by atoms with Gasteiger partial charge >= 0.3 is 5.97 Å². The minimum atomic E-state index is -0.977. The molecule has 0 saturated heterocycles. The van der Waals surface area contributed by atoms with E-state index in [-0.39, 0.29) is 11.0 Å². The number of nitrogens with zero attached hydrogens (tertiary/aromatic N) is 1. The highest BCUT2D eigenvalue weighted by atomic mass is 32.1. The molecular formula is C14H10N2O3S. The molecule has 0 amide bonds. The van der Waals surface area contributed by atoms with E-state index in [9.17, 15) is 9.59 Å². The Morgan fingerprint density at radius 1 is 1.35 bits per heavy atom. The summed E-state index contributed by atoms with van der Waals surface area (Å²) < 4.78 is 0.750. The summed E-state index contributed by atoms with van der Waals surface area (Å²) in [4.78, 5) is 30.3. The van der Waals surface area contributed by atoms with E-state index in [4.69, 9.17) is 5.11 Å². The lowest BCUT2D eigenvalue weighted by Gasteiger charge is -1.95. The Morgan fingerprint density at radius 2 is 2.15 bits per heavy atom. The number of benzene rings is 1. The number of aryl methyl sites for hydroxylation is 1. The molecule has 5 nitrogen and oxygen atoms in total. The zero-order chi connectivity index (χ0) is 14.3. The molecule has 0 aliphatic carbocycles. The maximum absolute atomic E-state index is 11.9. The molecule has 0 bridgehead atoms. The van der Waals surface area contributed by atoms with Crippen molar-refractivity contribution < 1.29 is 9.90 Å². The van der Waals surface area contributed by atoms with Crippen LogP contribution in [-0.2, 0) is 0 Å². The number of nitrogens with one attached hydrogen (secondary N) is 1. The molecule has 3 rings (SSSR count). The number of aromatic amines is 1. The first-order valence-corrected chi connectivity index (χ1v) is 6.70. The highest BCUT2D eigenvalue weighted by Crippen LogP contribution is 2.28. The van der Waals surface area contributed by atoms with Gasteiger partial charge in [-0.1, -0.05) is 0 Å². The highest BCUT2D eigenvalue weighted by Gasteiger charge is 2.11. The molecule has 0 aliphatic rings. The van der Waals surface area contributed by atoms with Crippen molar-refractivity contribution in [2.24, 2.45) is 0 Å². The summed E-state index contributed by atoms with van der Waals surface area (Å²) in [6.45, 7) is 1.81. The maximum atomic E-state index is 11.9. The van der Waals surface area contributed by atoms with E-state index >= 15 is 0 Å². The van der Waals surface area contributed by atoms with E-state index in [1.54, 1.807) is 18.3 Å². The number of aromatic carboxylic acids is 1. The number of hydrogen-bond acceptors (Lipinski definition) is 4. The molecule has 2 heterocycles. The second kappa shape index (κ2) is 4.57. The van der Waals surface area contributed by atoms with Gasteiger partial charge in [-0.25, -0.2) is 9.78 Å². The van der Waals surface area contributed by atoms with Gasteiger partial charge in [-0.3, -0.25) is 4.79 Å². The molecule has 0 unspecified atom stereocenters. The quantitative estimate of drug-likeness (QED) is 0.758. The number of carboxylic acid groups (broad SMARTS) is 1. The van der Waals surface area contributed by atoms with Crippen LogP contribution in [0.1, 0.15) is 16.1 Å². The monoisotopic (exact) mass is 286 g/mol. The highest BCUT2D eigenvalue weighted by molar-refractivity contribution is 7.21. The number of carboxylic acids is 1. The molecule has 0 atom stereocenters. The van der Waals surface area contributed by atoms with Crippen LogP contribution in [0, 0.1) is 6.92 Å². The van der Waals surface area contributed by atoms with Crippen LogP contribution >= 0.6 is 11.3 Å². The Bertz CT molecular complexity index is 880. The number of aromatic nitrogens is 2. The predicted octanol–water partition coefficient (Wildman–Crippen LogP) is 2.66. The summed E-state index contributed by atoms with van der Waals surface area (Å²) in [6, 6.07) is 6.25. The first kappa shape index (κ1) is 12.6. The SMILES string of the molecule is Cc1cc(=O)c(-c2nc3ccc(C(=O)O)cc3s2)c[nH]1. The Hall–Kier alpha value is -2.47. The molecule has 0 fully saturated rings. The van der Waals surface area contributed by atoms with Crippen molar-refractivity contribution in [3.05, 3.63) is 51.9 Å². The lowest BCUT2D eigenvalue weighted by atomic mass is 10.2. The summed E-state index contributed by atoms with van der Waals surface area (Å²) in [7, 11) is 0. The fourth-order valence-electron chi connectivity index (χ4n) is 1.91. The molecule has 0 radical (unpaired) electrons. The number of carbonyl (C=O) groups is 1. The largest absolute Gasteiger partial charge is 0.478 e. The van der Waals surface area contributed by atoms with E-state index in [2.05, 4.69) is 9.97 Å². The van der Waals surface area contributed by atoms with Crippen molar-refractivity contribution in [2.45, 2.75) is 6.92 Å². The van der Waals surface area contributed by atoms with Gasteiger partial charge in [0.1, 0.15) is 5.01 Å². The van der Waals surface area contributed by atoms with Crippen molar-refractivity contribution in [1.82, 2.24) is 9.97 Å². The van der Waals surface area contributed by atoms with Crippen molar-refractivity contribution >= 4 is 27.5 Å². The second-order valence-corrected chi connectivity index (χ2v) is 5.43. The van der Waals surface area contributed by atoms with Gasteiger partial charge in [0, 0.05) is 18.0 Å². The summed E-state index contributed by atoms with van der Waals surface area (Å²) in [5.41, 5.74) is 2.08. The van der Waals surface area contributed by atoms with E-state index in [0.29, 0.717) is 16.1 Å². The van der Waals surface area contributed by atoms with Gasteiger partial charge in [0.05, 0.1) is 21.3 Å². The maximum Gasteiger partial charge on any atom is 0.335 e. The van der Waals surface area contributed by atoms with Crippen molar-refractivity contribution in [3.63, 3.8) is 0 Å². The number of hydrogen-bond donors (Lipinski definition) is 2. The van der Waals surface area contributed by atoms with E-state index < -0.39 is 5.97 Å².